The van der Waals surface area contributed by atoms with E-state index in [2.05, 4.69) is 11.4 Å². The Morgan fingerprint density at radius 1 is 1.33 bits per heavy atom. The number of allylic oxidation sites excluding steroid dienone is 2. The number of carbonyl (C=O) groups excluding carboxylic acids is 1. The van der Waals surface area contributed by atoms with Gasteiger partial charge in [0.1, 0.15) is 5.75 Å². The van der Waals surface area contributed by atoms with Crippen LogP contribution >= 0.6 is 0 Å². The lowest BCUT2D eigenvalue weighted by atomic mass is 9.93. The van der Waals surface area contributed by atoms with Crippen LogP contribution < -0.4 is 10.1 Å². The van der Waals surface area contributed by atoms with E-state index in [-0.39, 0.29) is 18.4 Å². The molecule has 1 unspecified atom stereocenters. The van der Waals surface area contributed by atoms with Gasteiger partial charge in [0.15, 0.2) is 6.61 Å². The maximum Gasteiger partial charge on any atom is 0.341 e. The van der Waals surface area contributed by atoms with Crippen LogP contribution in [0, 0.1) is 5.92 Å². The van der Waals surface area contributed by atoms with Gasteiger partial charge in [0, 0.05) is 12.5 Å². The van der Waals surface area contributed by atoms with Crippen LogP contribution in [0.2, 0.25) is 0 Å². The largest absolute Gasteiger partial charge is 0.482 e. The summed E-state index contributed by atoms with van der Waals surface area (Å²) in [7, 11) is 0. The number of benzene rings is 1. The second kappa shape index (κ2) is 7.47. The van der Waals surface area contributed by atoms with Crippen molar-refractivity contribution in [3.63, 3.8) is 0 Å². The highest BCUT2D eigenvalue weighted by Gasteiger charge is 2.18. The molecule has 2 N–H and O–H groups in total. The van der Waals surface area contributed by atoms with Crippen molar-refractivity contribution >= 4 is 11.9 Å². The Balaban J connectivity index is 1.84. The monoisotopic (exact) mass is 289 g/mol. The summed E-state index contributed by atoms with van der Waals surface area (Å²) in [6, 6.07) is 7.08. The maximum atomic E-state index is 12.0. The highest BCUT2D eigenvalue weighted by Crippen LogP contribution is 2.18. The first kappa shape index (κ1) is 15.1. The minimum absolute atomic E-state index is 0.0569. The second-order valence-electron chi connectivity index (χ2n) is 5.03. The maximum absolute atomic E-state index is 12.0. The summed E-state index contributed by atoms with van der Waals surface area (Å²) >= 11 is 0. The van der Waals surface area contributed by atoms with Gasteiger partial charge in [0.25, 0.3) is 0 Å². The van der Waals surface area contributed by atoms with E-state index < -0.39 is 5.97 Å². The minimum atomic E-state index is -1.01. The summed E-state index contributed by atoms with van der Waals surface area (Å²) in [5.74, 6) is -0.401. The predicted molar refractivity (Wildman–Crippen MR) is 77.9 cm³/mol. The summed E-state index contributed by atoms with van der Waals surface area (Å²) < 4.78 is 5.11. The van der Waals surface area contributed by atoms with Crippen LogP contribution in [0.15, 0.2) is 36.4 Å². The van der Waals surface area contributed by atoms with E-state index in [1.54, 1.807) is 18.2 Å². The SMILES string of the molecule is O=C(O)COc1cccc(CNC(=O)C2CC=CCC2)c1. The van der Waals surface area contributed by atoms with Gasteiger partial charge in [-0.2, -0.15) is 0 Å². The molecular weight excluding hydrogens is 270 g/mol. The third kappa shape index (κ3) is 4.95. The molecule has 1 aromatic carbocycles. The molecule has 0 heterocycles. The van der Waals surface area contributed by atoms with Crippen molar-refractivity contribution in [2.24, 2.45) is 5.92 Å². The molecule has 0 radical (unpaired) electrons. The third-order valence-corrected chi connectivity index (χ3v) is 3.37. The number of rotatable bonds is 6. The molecule has 21 heavy (non-hydrogen) atoms. The number of carboxylic acids is 1. The Hall–Kier alpha value is -2.30. The number of amides is 1. The Morgan fingerprint density at radius 2 is 2.19 bits per heavy atom. The first-order valence-corrected chi connectivity index (χ1v) is 7.01. The van der Waals surface area contributed by atoms with Crippen molar-refractivity contribution in [2.45, 2.75) is 25.8 Å². The minimum Gasteiger partial charge on any atom is -0.482 e. The van der Waals surface area contributed by atoms with E-state index in [1.165, 1.54) is 0 Å². The fraction of sp³-hybridized carbons (Fsp3) is 0.375. The summed E-state index contributed by atoms with van der Waals surface area (Å²) in [4.78, 5) is 22.5. The molecule has 5 heteroatoms. The molecule has 2 rings (SSSR count). The van der Waals surface area contributed by atoms with Crippen molar-refractivity contribution in [3.8, 4) is 5.75 Å². The molecule has 112 valence electrons. The van der Waals surface area contributed by atoms with Crippen molar-refractivity contribution in [1.82, 2.24) is 5.32 Å². The molecule has 1 aromatic rings. The molecule has 0 fully saturated rings. The number of hydrogen-bond acceptors (Lipinski definition) is 3. The van der Waals surface area contributed by atoms with E-state index in [4.69, 9.17) is 9.84 Å². The number of ether oxygens (including phenoxy) is 1. The van der Waals surface area contributed by atoms with Crippen molar-refractivity contribution < 1.29 is 19.4 Å². The van der Waals surface area contributed by atoms with Gasteiger partial charge >= 0.3 is 5.97 Å². The van der Waals surface area contributed by atoms with Crippen LogP contribution in [-0.2, 0) is 16.1 Å². The molecule has 0 bridgehead atoms. The Morgan fingerprint density at radius 3 is 2.90 bits per heavy atom. The zero-order chi connectivity index (χ0) is 15.1. The van der Waals surface area contributed by atoms with Gasteiger partial charge in [-0.25, -0.2) is 4.79 Å². The molecule has 0 spiro atoms. The van der Waals surface area contributed by atoms with Crippen LogP contribution in [-0.4, -0.2) is 23.6 Å². The zero-order valence-electron chi connectivity index (χ0n) is 11.7. The lowest BCUT2D eigenvalue weighted by Gasteiger charge is -2.17. The zero-order valence-corrected chi connectivity index (χ0v) is 11.7. The topological polar surface area (TPSA) is 75.6 Å². The van der Waals surface area contributed by atoms with Crippen LogP contribution in [0.1, 0.15) is 24.8 Å². The fourth-order valence-corrected chi connectivity index (χ4v) is 2.26. The standard InChI is InChI=1S/C16H19NO4/c18-15(19)11-21-14-8-4-5-12(9-14)10-17-16(20)13-6-2-1-3-7-13/h1-2,4-5,8-9,13H,3,6-7,10-11H2,(H,17,20)(H,18,19). The molecule has 0 saturated carbocycles. The number of aliphatic carboxylic acids is 1. The van der Waals surface area contributed by atoms with Gasteiger partial charge in [-0.3, -0.25) is 4.79 Å². The molecule has 0 aliphatic heterocycles. The molecule has 5 nitrogen and oxygen atoms in total. The van der Waals surface area contributed by atoms with Crippen LogP contribution in [0.5, 0.6) is 5.75 Å². The smallest absolute Gasteiger partial charge is 0.341 e. The van der Waals surface area contributed by atoms with Crippen LogP contribution in [0.3, 0.4) is 0 Å². The number of hydrogen-bond donors (Lipinski definition) is 2. The van der Waals surface area contributed by atoms with Crippen molar-refractivity contribution in [3.05, 3.63) is 42.0 Å². The normalized spacial score (nSPS) is 17.2. The molecule has 1 aliphatic carbocycles. The molecular formula is C16H19NO4. The lowest BCUT2D eigenvalue weighted by molar-refractivity contribution is -0.139. The number of nitrogens with one attached hydrogen (secondary N) is 1. The summed E-state index contributed by atoms with van der Waals surface area (Å²) in [5, 5.41) is 11.5. The van der Waals surface area contributed by atoms with Crippen molar-refractivity contribution in [2.75, 3.05) is 6.61 Å². The number of carbonyl (C=O) groups is 2. The fourth-order valence-electron chi connectivity index (χ4n) is 2.26. The quantitative estimate of drug-likeness (QED) is 0.787. The average Bonchev–Trinajstić information content (AvgIpc) is 2.52. The van der Waals surface area contributed by atoms with Crippen LogP contribution in [0.25, 0.3) is 0 Å². The Bertz CT molecular complexity index is 539. The van der Waals surface area contributed by atoms with Crippen LogP contribution in [0.4, 0.5) is 0 Å². The highest BCUT2D eigenvalue weighted by molar-refractivity contribution is 5.79. The van der Waals surface area contributed by atoms with Gasteiger partial charge in [-0.1, -0.05) is 24.3 Å². The Labute approximate surface area is 123 Å². The molecule has 0 aromatic heterocycles. The molecule has 1 aliphatic rings. The highest BCUT2D eigenvalue weighted by atomic mass is 16.5. The number of carboxylic acid groups (broad SMARTS) is 1. The lowest BCUT2D eigenvalue weighted by Crippen LogP contribution is -2.30. The molecule has 0 saturated heterocycles. The van der Waals surface area contributed by atoms with E-state index in [1.807, 2.05) is 12.1 Å². The van der Waals surface area contributed by atoms with Gasteiger partial charge in [0.2, 0.25) is 5.91 Å². The Kier molecular flexibility index (Phi) is 5.37. The summed E-state index contributed by atoms with van der Waals surface area (Å²) in [5.41, 5.74) is 0.887. The average molecular weight is 289 g/mol. The van der Waals surface area contributed by atoms with Gasteiger partial charge in [-0.05, 0) is 37.0 Å². The van der Waals surface area contributed by atoms with E-state index in [0.717, 1.165) is 24.8 Å². The first-order valence-electron chi connectivity index (χ1n) is 7.01. The van der Waals surface area contributed by atoms with Gasteiger partial charge < -0.3 is 15.2 Å². The second-order valence-corrected chi connectivity index (χ2v) is 5.03. The summed E-state index contributed by atoms with van der Waals surface area (Å²) in [6.07, 6.45) is 6.80. The predicted octanol–water partition coefficient (Wildman–Crippen LogP) is 2.12. The third-order valence-electron chi connectivity index (χ3n) is 3.37. The van der Waals surface area contributed by atoms with Crippen molar-refractivity contribution in [1.29, 1.82) is 0 Å². The van der Waals surface area contributed by atoms with E-state index in [9.17, 15) is 9.59 Å². The summed E-state index contributed by atoms with van der Waals surface area (Å²) in [6.45, 7) is 0.0491. The molecule has 1 atom stereocenters. The first-order chi connectivity index (χ1) is 10.1. The molecule has 1 amide bonds. The van der Waals surface area contributed by atoms with E-state index in [0.29, 0.717) is 12.3 Å². The van der Waals surface area contributed by atoms with Gasteiger partial charge in [-0.15, -0.1) is 0 Å². The van der Waals surface area contributed by atoms with Gasteiger partial charge in [0.05, 0.1) is 0 Å². The van der Waals surface area contributed by atoms with E-state index >= 15 is 0 Å².